The van der Waals surface area contributed by atoms with Gasteiger partial charge >= 0.3 is 0 Å². The molecular formula is C15H21N5. The third-order valence-corrected chi connectivity index (χ3v) is 3.15. The molecule has 1 heterocycles. The molecule has 5 heteroatoms. The summed E-state index contributed by atoms with van der Waals surface area (Å²) in [7, 11) is 0. The van der Waals surface area contributed by atoms with Gasteiger partial charge in [0.15, 0.2) is 0 Å². The topological polar surface area (TPSA) is 75.9 Å². The molecular weight excluding hydrogens is 250 g/mol. The highest BCUT2D eigenvalue weighted by Crippen LogP contribution is 2.27. The van der Waals surface area contributed by atoms with Crippen LogP contribution in [0, 0.1) is 0 Å². The summed E-state index contributed by atoms with van der Waals surface area (Å²) < 4.78 is 0. The Kier molecular flexibility index (Phi) is 4.90. The molecule has 0 saturated heterocycles. The Bertz CT molecular complexity index is 539. The molecule has 0 aliphatic carbocycles. The van der Waals surface area contributed by atoms with Gasteiger partial charge in [0.1, 0.15) is 18.0 Å². The van der Waals surface area contributed by atoms with Gasteiger partial charge in [0.05, 0.1) is 0 Å². The lowest BCUT2D eigenvalue weighted by molar-refractivity contribution is 0.843. The van der Waals surface area contributed by atoms with Crippen molar-refractivity contribution in [3.8, 4) is 0 Å². The Labute approximate surface area is 119 Å². The van der Waals surface area contributed by atoms with Crippen molar-refractivity contribution in [3.05, 3.63) is 47.8 Å². The molecule has 4 N–H and O–H groups in total. The fraction of sp³-hybridized carbons (Fsp3) is 0.333. The van der Waals surface area contributed by atoms with Gasteiger partial charge in [0.2, 0.25) is 0 Å². The minimum Gasteiger partial charge on any atom is -0.369 e. The maximum absolute atomic E-state index is 5.51. The number of nitrogen functional groups attached to an aromatic ring is 1. The Balaban J connectivity index is 2.06. The van der Waals surface area contributed by atoms with Gasteiger partial charge in [-0.3, -0.25) is 0 Å². The van der Waals surface area contributed by atoms with E-state index in [-0.39, 0.29) is 0 Å². The van der Waals surface area contributed by atoms with Crippen LogP contribution in [0.25, 0.3) is 0 Å². The van der Waals surface area contributed by atoms with Gasteiger partial charge in [-0.1, -0.05) is 44.2 Å². The van der Waals surface area contributed by atoms with E-state index in [1.54, 1.807) is 0 Å². The molecule has 20 heavy (non-hydrogen) atoms. The summed E-state index contributed by atoms with van der Waals surface area (Å²) in [6, 6.07) is 10.4. The highest BCUT2D eigenvalue weighted by atomic mass is 15.3. The van der Waals surface area contributed by atoms with Crippen molar-refractivity contribution in [3.63, 3.8) is 0 Å². The zero-order chi connectivity index (χ0) is 14.4. The number of nitrogens with zero attached hydrogens (tertiary/aromatic N) is 2. The van der Waals surface area contributed by atoms with Gasteiger partial charge in [-0.2, -0.15) is 0 Å². The summed E-state index contributed by atoms with van der Waals surface area (Å²) in [6.07, 6.45) is 2.47. The van der Waals surface area contributed by atoms with E-state index in [1.165, 1.54) is 11.9 Å². The van der Waals surface area contributed by atoms with Crippen molar-refractivity contribution in [2.45, 2.75) is 26.2 Å². The molecule has 0 amide bonds. The van der Waals surface area contributed by atoms with Crippen molar-refractivity contribution >= 4 is 11.6 Å². The average Bonchev–Trinajstić information content (AvgIpc) is 2.47. The zero-order valence-electron chi connectivity index (χ0n) is 11.9. The summed E-state index contributed by atoms with van der Waals surface area (Å²) in [5.41, 5.74) is 4.95. The van der Waals surface area contributed by atoms with Gasteiger partial charge < -0.3 is 10.7 Å². The Hall–Kier alpha value is -2.14. The van der Waals surface area contributed by atoms with E-state index >= 15 is 0 Å². The maximum atomic E-state index is 5.51. The summed E-state index contributed by atoms with van der Waals surface area (Å²) in [5, 5.41) is 3.37. The Morgan fingerprint density at radius 2 is 1.80 bits per heavy atom. The minimum absolute atomic E-state index is 0.293. The highest BCUT2D eigenvalue weighted by Gasteiger charge is 2.13. The molecule has 0 unspecified atom stereocenters. The van der Waals surface area contributed by atoms with Gasteiger partial charge in [0.25, 0.3) is 0 Å². The molecule has 0 fully saturated rings. The smallest absolute Gasteiger partial charge is 0.148 e. The SMILES string of the molecule is CC(C)c1c(NN)ncnc1NCCc1ccccc1. The lowest BCUT2D eigenvalue weighted by Gasteiger charge is -2.16. The van der Waals surface area contributed by atoms with Crippen LogP contribution in [0.2, 0.25) is 0 Å². The van der Waals surface area contributed by atoms with Crippen LogP contribution in [0.3, 0.4) is 0 Å². The second kappa shape index (κ2) is 6.86. The third kappa shape index (κ3) is 3.45. The van der Waals surface area contributed by atoms with Crippen molar-refractivity contribution in [1.82, 2.24) is 9.97 Å². The predicted octanol–water partition coefficient (Wildman–Crippen LogP) is 2.54. The molecule has 5 nitrogen and oxygen atoms in total. The van der Waals surface area contributed by atoms with Gasteiger partial charge in [-0.25, -0.2) is 15.8 Å². The number of nitrogens with two attached hydrogens (primary N) is 1. The molecule has 0 spiro atoms. The first kappa shape index (κ1) is 14.3. The summed E-state index contributed by atoms with van der Waals surface area (Å²) >= 11 is 0. The molecule has 0 bridgehead atoms. The number of rotatable bonds is 6. The quantitative estimate of drug-likeness (QED) is 0.556. The molecule has 0 aliphatic rings. The summed E-state index contributed by atoms with van der Waals surface area (Å²) in [4.78, 5) is 8.48. The molecule has 0 atom stereocenters. The highest BCUT2D eigenvalue weighted by molar-refractivity contribution is 5.58. The first-order chi connectivity index (χ1) is 9.72. The lowest BCUT2D eigenvalue weighted by Crippen LogP contribution is -2.16. The molecule has 2 aromatic rings. The monoisotopic (exact) mass is 271 g/mol. The van der Waals surface area contributed by atoms with E-state index in [0.29, 0.717) is 11.7 Å². The number of hydrogen-bond acceptors (Lipinski definition) is 5. The molecule has 1 aromatic heterocycles. The van der Waals surface area contributed by atoms with Crippen molar-refractivity contribution in [1.29, 1.82) is 0 Å². The fourth-order valence-electron chi connectivity index (χ4n) is 2.17. The van der Waals surface area contributed by atoms with Crippen LogP contribution in [-0.4, -0.2) is 16.5 Å². The van der Waals surface area contributed by atoms with Gasteiger partial charge in [-0.15, -0.1) is 0 Å². The van der Waals surface area contributed by atoms with E-state index < -0.39 is 0 Å². The summed E-state index contributed by atoms with van der Waals surface area (Å²) in [5.74, 6) is 7.33. The van der Waals surface area contributed by atoms with Crippen LogP contribution in [0.1, 0.15) is 30.9 Å². The maximum Gasteiger partial charge on any atom is 0.148 e. The normalized spacial score (nSPS) is 10.6. The molecule has 1 aromatic carbocycles. The number of hydrazine groups is 1. The van der Waals surface area contributed by atoms with Crippen molar-refractivity contribution in [2.24, 2.45) is 5.84 Å². The largest absolute Gasteiger partial charge is 0.369 e. The number of benzene rings is 1. The van der Waals surface area contributed by atoms with Crippen LogP contribution in [0.15, 0.2) is 36.7 Å². The van der Waals surface area contributed by atoms with E-state index in [1.807, 2.05) is 6.07 Å². The number of anilines is 2. The fourth-order valence-corrected chi connectivity index (χ4v) is 2.17. The first-order valence-corrected chi connectivity index (χ1v) is 6.81. The standard InChI is InChI=1S/C15H21N5/c1-11(2)13-14(18-10-19-15(13)20-16)17-9-8-12-6-4-3-5-7-12/h3-7,10-11H,8-9,16H2,1-2H3,(H2,17,18,19,20). The van der Waals surface area contributed by atoms with Crippen LogP contribution >= 0.6 is 0 Å². The van der Waals surface area contributed by atoms with Crippen LogP contribution in [-0.2, 0) is 6.42 Å². The zero-order valence-corrected chi connectivity index (χ0v) is 11.9. The van der Waals surface area contributed by atoms with E-state index in [4.69, 9.17) is 5.84 Å². The Morgan fingerprint density at radius 3 is 2.45 bits per heavy atom. The molecule has 0 aliphatic heterocycles. The van der Waals surface area contributed by atoms with E-state index in [2.05, 4.69) is 58.8 Å². The number of nitrogens with one attached hydrogen (secondary N) is 2. The van der Waals surface area contributed by atoms with Crippen molar-refractivity contribution < 1.29 is 0 Å². The molecule has 2 rings (SSSR count). The van der Waals surface area contributed by atoms with Crippen LogP contribution in [0.4, 0.5) is 11.6 Å². The van der Waals surface area contributed by atoms with Gasteiger partial charge in [-0.05, 0) is 17.9 Å². The van der Waals surface area contributed by atoms with Crippen LogP contribution < -0.4 is 16.6 Å². The van der Waals surface area contributed by atoms with Crippen LogP contribution in [0.5, 0.6) is 0 Å². The minimum atomic E-state index is 0.293. The third-order valence-electron chi connectivity index (χ3n) is 3.15. The Morgan fingerprint density at radius 1 is 1.10 bits per heavy atom. The molecule has 0 radical (unpaired) electrons. The lowest BCUT2D eigenvalue weighted by atomic mass is 10.0. The van der Waals surface area contributed by atoms with Gasteiger partial charge in [0, 0.05) is 12.1 Å². The summed E-state index contributed by atoms with van der Waals surface area (Å²) in [6.45, 7) is 5.02. The predicted molar refractivity (Wildman–Crippen MR) is 82.6 cm³/mol. The van der Waals surface area contributed by atoms with E-state index in [9.17, 15) is 0 Å². The molecule has 106 valence electrons. The van der Waals surface area contributed by atoms with E-state index in [0.717, 1.165) is 24.3 Å². The molecule has 0 saturated carbocycles. The number of hydrogen-bond donors (Lipinski definition) is 3. The average molecular weight is 271 g/mol. The number of aromatic nitrogens is 2. The second-order valence-electron chi connectivity index (χ2n) is 4.95. The second-order valence-corrected chi connectivity index (χ2v) is 4.95. The first-order valence-electron chi connectivity index (χ1n) is 6.81. The van der Waals surface area contributed by atoms with Crippen molar-refractivity contribution in [2.75, 3.05) is 17.3 Å².